The zero-order chi connectivity index (χ0) is 17.4. The molecule has 0 aliphatic rings. The molecule has 0 spiro atoms. The first-order valence-electron chi connectivity index (χ1n) is 7.07. The van der Waals surface area contributed by atoms with Crippen LogP contribution in [0.4, 0.5) is 0 Å². The van der Waals surface area contributed by atoms with E-state index in [4.69, 9.17) is 9.47 Å². The number of aromatic nitrogens is 1. The van der Waals surface area contributed by atoms with Crippen LogP contribution in [0.25, 0.3) is 6.08 Å². The number of thiazole rings is 1. The number of ketones is 1. The second-order valence-electron chi connectivity index (χ2n) is 4.85. The van der Waals surface area contributed by atoms with E-state index in [0.29, 0.717) is 16.5 Å². The quantitative estimate of drug-likeness (QED) is 0.447. The van der Waals surface area contributed by atoms with Gasteiger partial charge in [0.2, 0.25) is 5.91 Å². The van der Waals surface area contributed by atoms with Gasteiger partial charge < -0.3 is 14.8 Å². The Morgan fingerprint density at radius 1 is 1.39 bits per heavy atom. The van der Waals surface area contributed by atoms with Gasteiger partial charge in [-0.25, -0.2) is 4.98 Å². The van der Waals surface area contributed by atoms with Crippen LogP contribution in [0.1, 0.15) is 29.3 Å². The highest BCUT2D eigenvalue weighted by Gasteiger charge is 2.20. The van der Waals surface area contributed by atoms with Crippen molar-refractivity contribution in [2.24, 2.45) is 5.92 Å². The van der Waals surface area contributed by atoms with E-state index in [0.717, 1.165) is 0 Å². The fraction of sp³-hybridized carbons (Fsp3) is 0.438. The van der Waals surface area contributed by atoms with Gasteiger partial charge in [0.1, 0.15) is 5.76 Å². The lowest BCUT2D eigenvalue weighted by Crippen LogP contribution is -2.23. The van der Waals surface area contributed by atoms with Crippen molar-refractivity contribution in [2.45, 2.75) is 20.0 Å². The van der Waals surface area contributed by atoms with E-state index in [2.05, 4.69) is 10.3 Å². The molecule has 1 aromatic rings. The first-order valence-corrected chi connectivity index (χ1v) is 7.95. The summed E-state index contributed by atoms with van der Waals surface area (Å²) in [4.78, 5) is 27.0. The van der Waals surface area contributed by atoms with Crippen molar-refractivity contribution < 1.29 is 19.1 Å². The summed E-state index contributed by atoms with van der Waals surface area (Å²) in [5.41, 5.74) is 0.698. The topological polar surface area (TPSA) is 77.5 Å². The van der Waals surface area contributed by atoms with Crippen molar-refractivity contribution in [1.82, 2.24) is 10.3 Å². The van der Waals surface area contributed by atoms with E-state index in [1.54, 1.807) is 20.2 Å². The molecule has 0 bridgehead atoms. The summed E-state index contributed by atoms with van der Waals surface area (Å²) in [5, 5.41) is 4.80. The van der Waals surface area contributed by atoms with Crippen LogP contribution in [0.3, 0.4) is 0 Å². The minimum absolute atomic E-state index is 0.0542. The Balaban J connectivity index is 2.89. The highest BCUT2D eigenvalue weighted by Crippen LogP contribution is 2.20. The van der Waals surface area contributed by atoms with Gasteiger partial charge in [0, 0.05) is 38.5 Å². The maximum absolute atomic E-state index is 11.5. The van der Waals surface area contributed by atoms with Crippen molar-refractivity contribution in [2.75, 3.05) is 21.3 Å². The number of nitrogens with zero attached hydrogens (tertiary/aromatic N) is 1. The van der Waals surface area contributed by atoms with Crippen LogP contribution in [0, 0.1) is 5.92 Å². The molecule has 7 heteroatoms. The Kier molecular flexibility index (Phi) is 7.64. The number of methoxy groups -OCH3 is 2. The number of Topliss-reactive ketones (excluding diaryl/α,β-unsaturated/α-hetero) is 1. The van der Waals surface area contributed by atoms with Gasteiger partial charge in [-0.2, -0.15) is 0 Å². The van der Waals surface area contributed by atoms with Gasteiger partial charge in [0.05, 0.1) is 18.9 Å². The van der Waals surface area contributed by atoms with Crippen LogP contribution in [0.5, 0.6) is 0 Å². The molecule has 0 radical (unpaired) electrons. The molecule has 2 atom stereocenters. The van der Waals surface area contributed by atoms with Gasteiger partial charge in [-0.3, -0.25) is 9.59 Å². The third-order valence-corrected chi connectivity index (χ3v) is 4.21. The van der Waals surface area contributed by atoms with Gasteiger partial charge >= 0.3 is 0 Å². The SMILES string of the molecule is CNC(=O)C=C(OC)C(C)C(C=Cc1csc(C(C)=O)n1)OC. The summed E-state index contributed by atoms with van der Waals surface area (Å²) < 4.78 is 10.7. The van der Waals surface area contributed by atoms with Crippen molar-refractivity contribution in [3.63, 3.8) is 0 Å². The molecule has 0 aliphatic carbocycles. The lowest BCUT2D eigenvalue weighted by molar-refractivity contribution is -0.116. The summed E-state index contributed by atoms with van der Waals surface area (Å²) in [6, 6.07) is 0. The van der Waals surface area contributed by atoms with E-state index in [1.165, 1.54) is 31.4 Å². The molecule has 0 saturated heterocycles. The predicted molar refractivity (Wildman–Crippen MR) is 90.3 cm³/mol. The average molecular weight is 338 g/mol. The van der Waals surface area contributed by atoms with E-state index >= 15 is 0 Å². The number of likely N-dealkylation sites (N-methyl/N-ethyl adjacent to an activating group) is 1. The molecule has 0 fully saturated rings. The standard InChI is InChI=1S/C16H22N2O4S/c1-10(14(22-5)8-15(20)17-3)13(21-4)7-6-12-9-23-16(18-12)11(2)19/h6-10,13H,1-5H3,(H,17,20). The molecule has 1 amide bonds. The largest absolute Gasteiger partial charge is 0.501 e. The predicted octanol–water partition coefficient (Wildman–Crippen LogP) is 2.29. The summed E-state index contributed by atoms with van der Waals surface area (Å²) in [5.74, 6) is 0.0626. The summed E-state index contributed by atoms with van der Waals surface area (Å²) in [7, 11) is 4.65. The second kappa shape index (κ2) is 9.22. The summed E-state index contributed by atoms with van der Waals surface area (Å²) in [6.07, 6.45) is 4.73. The van der Waals surface area contributed by atoms with Crippen LogP contribution in [-0.2, 0) is 14.3 Å². The number of ether oxygens (including phenoxy) is 2. The number of hydrogen-bond acceptors (Lipinski definition) is 6. The third-order valence-electron chi connectivity index (χ3n) is 3.25. The molecule has 2 unspecified atom stereocenters. The first kappa shape index (κ1) is 19.1. The number of carbonyl (C=O) groups excluding carboxylic acids is 2. The number of rotatable bonds is 8. The zero-order valence-corrected chi connectivity index (χ0v) is 14.8. The molecule has 0 aromatic carbocycles. The highest BCUT2D eigenvalue weighted by molar-refractivity contribution is 7.11. The Bertz CT molecular complexity index is 607. The monoisotopic (exact) mass is 338 g/mol. The Labute approximate surface area is 140 Å². The van der Waals surface area contributed by atoms with Gasteiger partial charge in [-0.1, -0.05) is 13.0 Å². The first-order chi connectivity index (χ1) is 10.9. The Hall–Kier alpha value is -1.99. The van der Waals surface area contributed by atoms with Gasteiger partial charge in [-0.15, -0.1) is 11.3 Å². The molecule has 23 heavy (non-hydrogen) atoms. The van der Waals surface area contributed by atoms with E-state index in [-0.39, 0.29) is 23.7 Å². The minimum Gasteiger partial charge on any atom is -0.501 e. The molecule has 126 valence electrons. The number of amides is 1. The smallest absolute Gasteiger partial charge is 0.247 e. The second-order valence-corrected chi connectivity index (χ2v) is 5.71. The van der Waals surface area contributed by atoms with Crippen molar-refractivity contribution in [3.05, 3.63) is 34.0 Å². The third kappa shape index (κ3) is 5.61. The Morgan fingerprint density at radius 3 is 2.57 bits per heavy atom. The fourth-order valence-electron chi connectivity index (χ4n) is 1.91. The molecular formula is C16H22N2O4S. The molecule has 1 N–H and O–H groups in total. The Morgan fingerprint density at radius 2 is 2.09 bits per heavy atom. The lowest BCUT2D eigenvalue weighted by atomic mass is 10.0. The fourth-order valence-corrected chi connectivity index (χ4v) is 2.59. The van der Waals surface area contributed by atoms with Crippen molar-refractivity contribution in [3.8, 4) is 0 Å². The summed E-state index contributed by atoms with van der Waals surface area (Å²) in [6.45, 7) is 3.39. The van der Waals surface area contributed by atoms with E-state index in [1.807, 2.05) is 18.4 Å². The van der Waals surface area contributed by atoms with Gasteiger partial charge in [0.25, 0.3) is 0 Å². The van der Waals surface area contributed by atoms with E-state index < -0.39 is 0 Å². The maximum atomic E-state index is 11.5. The molecule has 1 aromatic heterocycles. The van der Waals surface area contributed by atoms with Crippen LogP contribution in [0.2, 0.25) is 0 Å². The highest BCUT2D eigenvalue weighted by atomic mass is 32.1. The summed E-state index contributed by atoms with van der Waals surface area (Å²) >= 11 is 1.31. The normalized spacial score (nSPS) is 14.6. The molecule has 0 saturated carbocycles. The molecule has 1 rings (SSSR count). The maximum Gasteiger partial charge on any atom is 0.247 e. The van der Waals surface area contributed by atoms with Gasteiger partial charge in [0.15, 0.2) is 10.8 Å². The van der Waals surface area contributed by atoms with Crippen LogP contribution < -0.4 is 5.32 Å². The van der Waals surface area contributed by atoms with Crippen LogP contribution in [-0.4, -0.2) is 44.0 Å². The van der Waals surface area contributed by atoms with Crippen molar-refractivity contribution in [1.29, 1.82) is 0 Å². The average Bonchev–Trinajstić information content (AvgIpc) is 3.01. The number of nitrogens with one attached hydrogen (secondary N) is 1. The molecule has 6 nitrogen and oxygen atoms in total. The van der Waals surface area contributed by atoms with Crippen LogP contribution in [0.15, 0.2) is 23.3 Å². The number of carbonyl (C=O) groups is 2. The van der Waals surface area contributed by atoms with E-state index in [9.17, 15) is 9.59 Å². The molecule has 0 aliphatic heterocycles. The van der Waals surface area contributed by atoms with Gasteiger partial charge in [-0.05, 0) is 6.08 Å². The van der Waals surface area contributed by atoms with Crippen LogP contribution >= 0.6 is 11.3 Å². The molecule has 1 heterocycles. The minimum atomic E-state index is -0.298. The van der Waals surface area contributed by atoms with Crippen molar-refractivity contribution >= 4 is 29.1 Å². The zero-order valence-electron chi connectivity index (χ0n) is 14.0. The number of hydrogen-bond donors (Lipinski definition) is 1. The molecular weight excluding hydrogens is 316 g/mol. The lowest BCUT2D eigenvalue weighted by Gasteiger charge is -2.21.